The summed E-state index contributed by atoms with van der Waals surface area (Å²) in [6.45, 7) is 2.81. The number of unbranched alkanes of at least 4 members (excludes halogenated alkanes) is 1. The van der Waals surface area contributed by atoms with Gasteiger partial charge < -0.3 is 20.4 Å². The summed E-state index contributed by atoms with van der Waals surface area (Å²) in [5, 5.41) is 33.7. The van der Waals surface area contributed by atoms with Gasteiger partial charge >= 0.3 is 0 Å². The van der Waals surface area contributed by atoms with E-state index in [1.165, 1.54) is 0 Å². The van der Waals surface area contributed by atoms with Crippen LogP contribution in [-0.2, 0) is 46.0 Å². The van der Waals surface area contributed by atoms with Crippen molar-refractivity contribution in [2.75, 3.05) is 6.61 Å². The van der Waals surface area contributed by atoms with Gasteiger partial charge in [-0.05, 0) is 23.1 Å². The van der Waals surface area contributed by atoms with Crippen LogP contribution in [0.5, 0.6) is 0 Å². The molecule has 3 aromatic carbocycles. The van der Waals surface area contributed by atoms with Gasteiger partial charge in [0, 0.05) is 32.8 Å². The van der Waals surface area contributed by atoms with E-state index < -0.39 is 0 Å². The van der Waals surface area contributed by atoms with Crippen LogP contribution in [0.3, 0.4) is 0 Å². The Hall–Kier alpha value is -1.62. The molecule has 3 rings (SSSR count). The van der Waals surface area contributed by atoms with Gasteiger partial charge in [0.25, 0.3) is 0 Å². The monoisotopic (exact) mass is 488 g/mol. The minimum absolute atomic E-state index is 0. The SMILES string of the molecule is CCCCO.OCc1ccccc1.OCc1ccccc1.OCc1ccccc1.[Zr]. The van der Waals surface area contributed by atoms with Crippen molar-refractivity contribution >= 4 is 0 Å². The van der Waals surface area contributed by atoms with Crippen molar-refractivity contribution in [1.82, 2.24) is 0 Å². The molecule has 5 heteroatoms. The van der Waals surface area contributed by atoms with E-state index in [1.807, 2.05) is 91.0 Å². The third-order valence-electron chi connectivity index (χ3n) is 3.59. The van der Waals surface area contributed by atoms with Gasteiger partial charge in [0.15, 0.2) is 0 Å². The number of aliphatic hydroxyl groups excluding tert-OH is 4. The van der Waals surface area contributed by atoms with E-state index in [-0.39, 0.29) is 46.0 Å². The Balaban J connectivity index is 0. The molecule has 162 valence electrons. The first-order valence-corrected chi connectivity index (χ1v) is 9.76. The molecule has 0 spiro atoms. The number of aliphatic hydroxyl groups is 4. The molecule has 30 heavy (non-hydrogen) atoms. The normalized spacial score (nSPS) is 8.70. The largest absolute Gasteiger partial charge is 0.396 e. The van der Waals surface area contributed by atoms with Crippen molar-refractivity contribution in [3.63, 3.8) is 0 Å². The second-order valence-corrected chi connectivity index (χ2v) is 6.01. The van der Waals surface area contributed by atoms with E-state index in [9.17, 15) is 0 Å². The molecule has 0 atom stereocenters. The van der Waals surface area contributed by atoms with E-state index in [1.54, 1.807) is 0 Å². The van der Waals surface area contributed by atoms with Crippen LogP contribution in [0, 0.1) is 0 Å². The zero-order chi connectivity index (χ0) is 21.6. The van der Waals surface area contributed by atoms with Crippen LogP contribution in [0.25, 0.3) is 0 Å². The first-order chi connectivity index (χ1) is 14.2. The molecule has 0 aromatic heterocycles. The zero-order valence-corrected chi connectivity index (χ0v) is 20.1. The molecule has 0 bridgehead atoms. The summed E-state index contributed by atoms with van der Waals surface area (Å²) < 4.78 is 0. The summed E-state index contributed by atoms with van der Waals surface area (Å²) in [6.07, 6.45) is 2.04. The molecule has 0 saturated carbocycles. The molecule has 0 unspecified atom stereocenters. The first kappa shape index (κ1) is 30.6. The third kappa shape index (κ3) is 18.4. The van der Waals surface area contributed by atoms with Crippen molar-refractivity contribution in [2.24, 2.45) is 0 Å². The fourth-order valence-corrected chi connectivity index (χ4v) is 1.91. The molecule has 0 amide bonds. The maximum atomic E-state index is 8.54. The van der Waals surface area contributed by atoms with E-state index in [2.05, 4.69) is 6.92 Å². The molecule has 0 aliphatic carbocycles. The Morgan fingerprint density at radius 3 is 0.867 bits per heavy atom. The average molecular weight is 490 g/mol. The fourth-order valence-electron chi connectivity index (χ4n) is 1.91. The quantitative estimate of drug-likeness (QED) is 0.430. The molecular formula is C25H34O4Zr. The standard InChI is InChI=1S/3C7H8O.C4H10O.Zr/c3*8-6-7-4-2-1-3-5-7;1-2-3-4-5;/h3*1-5,8H,6H2;5H,2-4H2,1H3;. The van der Waals surface area contributed by atoms with Gasteiger partial charge in [-0.3, -0.25) is 0 Å². The van der Waals surface area contributed by atoms with Crippen molar-refractivity contribution in [1.29, 1.82) is 0 Å². The van der Waals surface area contributed by atoms with Gasteiger partial charge in [-0.25, -0.2) is 0 Å². The topological polar surface area (TPSA) is 80.9 Å². The molecule has 0 aliphatic heterocycles. The molecule has 0 saturated heterocycles. The minimum Gasteiger partial charge on any atom is -0.396 e. The van der Waals surface area contributed by atoms with E-state index in [4.69, 9.17) is 20.4 Å². The molecule has 0 radical (unpaired) electrons. The Labute approximate surface area is 200 Å². The Kier molecular flexibility index (Phi) is 24.1. The van der Waals surface area contributed by atoms with Gasteiger partial charge in [0.1, 0.15) is 0 Å². The second kappa shape index (κ2) is 23.7. The van der Waals surface area contributed by atoms with Gasteiger partial charge in [-0.1, -0.05) is 104 Å². The van der Waals surface area contributed by atoms with Crippen LogP contribution in [0.1, 0.15) is 36.5 Å². The van der Waals surface area contributed by atoms with E-state index in [0.717, 1.165) is 29.5 Å². The van der Waals surface area contributed by atoms with Crippen LogP contribution in [-0.4, -0.2) is 27.0 Å². The van der Waals surface area contributed by atoms with Crippen LogP contribution in [0.2, 0.25) is 0 Å². The molecule has 4 N–H and O–H groups in total. The van der Waals surface area contributed by atoms with Crippen molar-refractivity contribution in [3.05, 3.63) is 108 Å². The molecule has 0 aliphatic rings. The zero-order valence-electron chi connectivity index (χ0n) is 17.7. The maximum Gasteiger partial charge on any atom is 0.0681 e. The predicted molar refractivity (Wildman–Crippen MR) is 119 cm³/mol. The summed E-state index contributed by atoms with van der Waals surface area (Å²) in [5.74, 6) is 0. The molecule has 3 aromatic rings. The first-order valence-electron chi connectivity index (χ1n) is 9.76. The summed E-state index contributed by atoms with van der Waals surface area (Å²) in [4.78, 5) is 0. The van der Waals surface area contributed by atoms with Crippen LogP contribution in [0.4, 0.5) is 0 Å². The fraction of sp³-hybridized carbons (Fsp3) is 0.280. The smallest absolute Gasteiger partial charge is 0.0681 e. The van der Waals surface area contributed by atoms with Crippen LogP contribution >= 0.6 is 0 Å². The minimum atomic E-state index is 0. The summed E-state index contributed by atoms with van der Waals surface area (Å²) in [6, 6.07) is 28.6. The summed E-state index contributed by atoms with van der Waals surface area (Å²) >= 11 is 0. The van der Waals surface area contributed by atoms with Gasteiger partial charge in [0.2, 0.25) is 0 Å². The van der Waals surface area contributed by atoms with Gasteiger partial charge in [0.05, 0.1) is 19.8 Å². The number of hydrogen-bond acceptors (Lipinski definition) is 4. The van der Waals surface area contributed by atoms with E-state index >= 15 is 0 Å². The van der Waals surface area contributed by atoms with Gasteiger partial charge in [-0.15, -0.1) is 0 Å². The van der Waals surface area contributed by atoms with Crippen molar-refractivity contribution < 1.29 is 46.6 Å². The second-order valence-electron chi connectivity index (χ2n) is 6.01. The third-order valence-corrected chi connectivity index (χ3v) is 3.59. The van der Waals surface area contributed by atoms with E-state index in [0.29, 0.717) is 6.61 Å². The number of rotatable bonds is 5. The summed E-state index contributed by atoms with van der Waals surface area (Å²) in [5.41, 5.74) is 2.90. The Morgan fingerprint density at radius 2 is 0.767 bits per heavy atom. The molecule has 0 heterocycles. The Bertz CT molecular complexity index is 583. The predicted octanol–water partition coefficient (Wildman–Crippen LogP) is 4.31. The number of hydrogen-bond donors (Lipinski definition) is 4. The maximum absolute atomic E-state index is 8.54. The Morgan fingerprint density at radius 1 is 0.500 bits per heavy atom. The number of benzene rings is 3. The molecule has 0 fully saturated rings. The summed E-state index contributed by atoms with van der Waals surface area (Å²) in [7, 11) is 0. The van der Waals surface area contributed by atoms with Crippen LogP contribution in [0.15, 0.2) is 91.0 Å². The van der Waals surface area contributed by atoms with Crippen molar-refractivity contribution in [3.8, 4) is 0 Å². The molecule has 4 nitrogen and oxygen atoms in total. The average Bonchev–Trinajstić information content (AvgIpc) is 2.82. The molecular weight excluding hydrogens is 455 g/mol. The van der Waals surface area contributed by atoms with Crippen molar-refractivity contribution in [2.45, 2.75) is 39.6 Å². The van der Waals surface area contributed by atoms with Crippen LogP contribution < -0.4 is 0 Å². The van der Waals surface area contributed by atoms with Gasteiger partial charge in [-0.2, -0.15) is 0 Å².